The van der Waals surface area contributed by atoms with Crippen LogP contribution < -0.4 is 5.32 Å². The van der Waals surface area contributed by atoms with Crippen molar-refractivity contribution >= 4 is 17.8 Å². The first-order valence-electron chi connectivity index (χ1n) is 10.8. The molecule has 1 aliphatic rings. The second-order valence-electron chi connectivity index (χ2n) is 9.18. The average Bonchev–Trinajstić information content (AvgIpc) is 3.20. The molecular weight excluding hydrogens is 826 g/mol. The molecule has 0 unspecified atom stereocenters. The Hall–Kier alpha value is -3.61. The van der Waals surface area contributed by atoms with Crippen LogP contribution in [0.4, 0.5) is 123 Å². The van der Waals surface area contributed by atoms with E-state index in [0.717, 1.165) is 0 Å². The predicted molar refractivity (Wildman–Crippen MR) is 92.8 cm³/mol. The number of nitrogens with one attached hydrogen (secondary N) is 1. The highest BCUT2D eigenvalue weighted by Gasteiger charge is 2.98. The molecule has 0 aromatic heterocycles. The number of carbonyl (C=O) groups is 3. The van der Waals surface area contributed by atoms with Crippen LogP contribution in [0.15, 0.2) is 11.1 Å². The van der Waals surface area contributed by atoms with Gasteiger partial charge in [0.25, 0.3) is 11.8 Å². The molecule has 0 spiro atoms. The van der Waals surface area contributed by atoms with Crippen LogP contribution in [0.5, 0.6) is 0 Å². The van der Waals surface area contributed by atoms with Gasteiger partial charge in [0.2, 0.25) is 0 Å². The third-order valence-corrected chi connectivity index (χ3v) is 5.88. The summed E-state index contributed by atoms with van der Waals surface area (Å²) >= 11 is 0. The maximum Gasteiger partial charge on any atom is 0.501 e. The quantitative estimate of drug-likeness (QED) is 0.125. The zero-order valence-electron chi connectivity index (χ0n) is 21.7. The van der Waals surface area contributed by atoms with Crippen molar-refractivity contribution in [3.05, 3.63) is 11.1 Å². The first kappa shape index (κ1) is 45.4. The largest absolute Gasteiger partial charge is 0.501 e. The Labute approximate surface area is 255 Å². The molecule has 0 bridgehead atoms. The number of imide groups is 1. The maximum atomic E-state index is 14.6. The summed E-state index contributed by atoms with van der Waals surface area (Å²) in [6.07, 6.45) is -22.8. The molecule has 0 aromatic carbocycles. The number of amides is 2. The van der Waals surface area contributed by atoms with E-state index >= 15 is 0 Å². The van der Waals surface area contributed by atoms with Crippen LogP contribution in [0.1, 0.15) is 0 Å². The fourth-order valence-electron chi connectivity index (χ4n) is 3.11. The Bertz CT molecular complexity index is 1460. The SMILES string of the molecule is O=C1NC(=O)C(C(F)(F)C(F)(F)C(F)(F)C(F)(F)C(F)(F)C(F)(F)C(F)(F)C(F)(F)C(F)(F)C(F)(F)F)=C1C(F)(F)C(=O)OC(F)(F)C(F)(F)F. The van der Waals surface area contributed by atoms with E-state index in [2.05, 4.69) is 0 Å². The van der Waals surface area contributed by atoms with Gasteiger partial charge in [-0.05, 0) is 0 Å². The van der Waals surface area contributed by atoms with Gasteiger partial charge < -0.3 is 4.74 Å². The summed E-state index contributed by atoms with van der Waals surface area (Å²) in [4.78, 5) is 34.1. The number of esters is 1. The lowest BCUT2D eigenvalue weighted by atomic mass is 9.84. The zero-order chi connectivity index (χ0) is 41.8. The van der Waals surface area contributed by atoms with E-state index in [4.69, 9.17) is 0 Å². The molecular formula is C18HF28NO4. The maximum absolute atomic E-state index is 14.6. The van der Waals surface area contributed by atoms with Gasteiger partial charge in [-0.2, -0.15) is 123 Å². The number of hydrogen-bond acceptors (Lipinski definition) is 4. The van der Waals surface area contributed by atoms with Crippen LogP contribution >= 0.6 is 0 Å². The van der Waals surface area contributed by atoms with Crippen LogP contribution in [0.2, 0.25) is 0 Å². The molecule has 0 saturated heterocycles. The van der Waals surface area contributed by atoms with E-state index < -0.39 is 107 Å². The lowest BCUT2D eigenvalue weighted by molar-refractivity contribution is -0.473. The fourth-order valence-corrected chi connectivity index (χ4v) is 3.11. The zero-order valence-corrected chi connectivity index (χ0v) is 21.7. The monoisotopic (exact) mass is 827 g/mol. The number of rotatable bonds is 12. The lowest BCUT2D eigenvalue weighted by Crippen LogP contribution is -2.77. The molecule has 0 fully saturated rings. The number of carbonyl (C=O) groups excluding carboxylic acids is 3. The Kier molecular flexibility index (Phi) is 10.2. The molecule has 1 rings (SSSR count). The molecule has 5 nitrogen and oxygen atoms in total. The summed E-state index contributed by atoms with van der Waals surface area (Å²) in [6.45, 7) is 0. The highest BCUT2D eigenvalue weighted by atomic mass is 19.4. The van der Waals surface area contributed by atoms with E-state index in [1.807, 2.05) is 0 Å². The fraction of sp³-hybridized carbons (Fsp3) is 0.722. The number of halogens is 28. The first-order chi connectivity index (χ1) is 21.7. The van der Waals surface area contributed by atoms with Crippen molar-refractivity contribution < 1.29 is 142 Å². The standard InChI is InChI=1S/C18HF28NO4/c19-6(20,5(50)51-18(45,46)17(42,43)44)1-2(4(49)47-3(1)48)7(21,22)8(23,24)9(25,26)10(27,28)11(29,30)12(31,32)13(33,34)14(35,36)15(37,38)16(39,40)41/h(H,47,48,49). The third kappa shape index (κ3) is 5.81. The van der Waals surface area contributed by atoms with E-state index in [1.165, 1.54) is 0 Å². The molecule has 51 heavy (non-hydrogen) atoms. The van der Waals surface area contributed by atoms with Gasteiger partial charge in [-0.3, -0.25) is 14.9 Å². The number of ether oxygens (including phenoxy) is 1. The topological polar surface area (TPSA) is 72.5 Å². The van der Waals surface area contributed by atoms with Crippen LogP contribution in [0, 0.1) is 0 Å². The minimum atomic E-state index is -9.74. The minimum absolute atomic E-state index is 0.152. The average molecular weight is 827 g/mol. The van der Waals surface area contributed by atoms with E-state index in [-0.39, 0.29) is 5.32 Å². The molecule has 0 radical (unpaired) electrons. The molecule has 0 aromatic rings. The summed E-state index contributed by atoms with van der Waals surface area (Å²) in [6, 6.07) is 0. The normalized spacial score (nSPS) is 17.6. The van der Waals surface area contributed by atoms with Crippen molar-refractivity contribution in [2.24, 2.45) is 0 Å². The van der Waals surface area contributed by atoms with E-state index in [9.17, 15) is 137 Å². The van der Waals surface area contributed by atoms with Crippen LogP contribution in [-0.4, -0.2) is 95.5 Å². The van der Waals surface area contributed by atoms with E-state index in [1.54, 1.807) is 4.74 Å². The first-order valence-corrected chi connectivity index (χ1v) is 10.8. The highest BCUT2D eigenvalue weighted by molar-refractivity contribution is 6.23. The van der Waals surface area contributed by atoms with Crippen LogP contribution in [-0.2, 0) is 19.1 Å². The molecule has 298 valence electrons. The summed E-state index contributed by atoms with van der Waals surface area (Å²) in [5.74, 6) is -103. The Morgan fingerprint density at radius 2 is 0.667 bits per heavy atom. The van der Waals surface area contributed by atoms with Crippen molar-refractivity contribution in [1.82, 2.24) is 5.32 Å². The molecule has 0 atom stereocenters. The summed E-state index contributed by atoms with van der Waals surface area (Å²) in [5, 5.41) is -0.152. The molecule has 0 aliphatic carbocycles. The summed E-state index contributed by atoms with van der Waals surface area (Å²) < 4.78 is 377. The molecule has 1 heterocycles. The second kappa shape index (κ2) is 11.4. The van der Waals surface area contributed by atoms with Crippen molar-refractivity contribution in [3.63, 3.8) is 0 Å². The van der Waals surface area contributed by atoms with Crippen LogP contribution in [0.25, 0.3) is 0 Å². The third-order valence-electron chi connectivity index (χ3n) is 5.88. The Morgan fingerprint density at radius 3 is 0.961 bits per heavy atom. The smallest absolute Gasteiger partial charge is 0.389 e. The summed E-state index contributed by atoms with van der Waals surface area (Å²) in [5.41, 5.74) is -9.10. The number of alkyl halides is 28. The van der Waals surface area contributed by atoms with Crippen molar-refractivity contribution in [1.29, 1.82) is 0 Å². The molecule has 1 N–H and O–H groups in total. The molecule has 0 saturated carbocycles. The number of hydrogen-bond donors (Lipinski definition) is 1. The van der Waals surface area contributed by atoms with Gasteiger partial charge in [-0.25, -0.2) is 4.79 Å². The van der Waals surface area contributed by atoms with Gasteiger partial charge in [-0.1, -0.05) is 0 Å². The summed E-state index contributed by atoms with van der Waals surface area (Å²) in [7, 11) is 0. The van der Waals surface area contributed by atoms with Gasteiger partial charge in [0.05, 0.1) is 0 Å². The Morgan fingerprint density at radius 1 is 0.392 bits per heavy atom. The van der Waals surface area contributed by atoms with Crippen molar-refractivity contribution in [2.45, 2.75) is 77.7 Å². The van der Waals surface area contributed by atoms with Gasteiger partial charge in [0.1, 0.15) is 11.1 Å². The Balaban J connectivity index is 4.07. The van der Waals surface area contributed by atoms with Crippen molar-refractivity contribution in [3.8, 4) is 0 Å². The van der Waals surface area contributed by atoms with Crippen molar-refractivity contribution in [2.75, 3.05) is 0 Å². The predicted octanol–water partition coefficient (Wildman–Crippen LogP) is 7.55. The van der Waals surface area contributed by atoms with Gasteiger partial charge >= 0.3 is 83.7 Å². The highest BCUT2D eigenvalue weighted by Crippen LogP contribution is 2.67. The second-order valence-corrected chi connectivity index (χ2v) is 9.18. The molecule has 1 aliphatic heterocycles. The van der Waals surface area contributed by atoms with E-state index in [0.29, 0.717) is 0 Å². The van der Waals surface area contributed by atoms with Crippen LogP contribution in [0.3, 0.4) is 0 Å². The van der Waals surface area contributed by atoms with Gasteiger partial charge in [0.15, 0.2) is 0 Å². The van der Waals surface area contributed by atoms with Gasteiger partial charge in [-0.15, -0.1) is 0 Å². The minimum Gasteiger partial charge on any atom is -0.389 e. The molecule has 33 heteroatoms. The van der Waals surface area contributed by atoms with Gasteiger partial charge in [0, 0.05) is 0 Å². The molecule has 2 amide bonds. The lowest BCUT2D eigenvalue weighted by Gasteiger charge is -2.44.